The van der Waals surface area contributed by atoms with Crippen LogP contribution in [0.3, 0.4) is 0 Å². The number of anilines is 1. The number of nitrogens with zero attached hydrogens (tertiary/aromatic N) is 3. The van der Waals surface area contributed by atoms with Gasteiger partial charge in [0.15, 0.2) is 0 Å². The summed E-state index contributed by atoms with van der Waals surface area (Å²) in [7, 11) is -0.365. The quantitative estimate of drug-likeness (QED) is 0.579. The highest BCUT2D eigenvalue weighted by atomic mass is 32.2. The summed E-state index contributed by atoms with van der Waals surface area (Å²) in [6, 6.07) is 15.5. The van der Waals surface area contributed by atoms with Crippen molar-refractivity contribution < 1.29 is 17.9 Å². The molecule has 180 valence electrons. The van der Waals surface area contributed by atoms with Crippen molar-refractivity contribution >= 4 is 21.6 Å². The summed E-state index contributed by atoms with van der Waals surface area (Å²) in [5.41, 5.74) is 1.28. The Morgan fingerprint density at radius 2 is 1.65 bits per heavy atom. The van der Waals surface area contributed by atoms with Gasteiger partial charge in [-0.3, -0.25) is 14.3 Å². The van der Waals surface area contributed by atoms with E-state index in [1.54, 1.807) is 30.8 Å². The number of sulfonamides is 1. The van der Waals surface area contributed by atoms with Gasteiger partial charge in [-0.15, -0.1) is 0 Å². The van der Waals surface area contributed by atoms with Crippen molar-refractivity contribution in [1.82, 2.24) is 13.7 Å². The van der Waals surface area contributed by atoms with Crippen molar-refractivity contribution in [3.63, 3.8) is 0 Å². The number of benzene rings is 2. The van der Waals surface area contributed by atoms with E-state index in [9.17, 15) is 18.0 Å². The largest absolute Gasteiger partial charge is 0.497 e. The maximum absolute atomic E-state index is 13.0. The van der Waals surface area contributed by atoms with Crippen LogP contribution in [-0.2, 0) is 21.9 Å². The first-order valence-electron chi connectivity index (χ1n) is 11.0. The number of amides is 1. The fraction of sp³-hybridized carbons (Fsp3) is 0.333. The smallest absolute Gasteiger partial charge is 0.295 e. The first-order valence-corrected chi connectivity index (χ1v) is 12.5. The topological polar surface area (TPSA) is 103 Å². The molecule has 1 saturated heterocycles. The van der Waals surface area contributed by atoms with E-state index in [1.807, 2.05) is 30.3 Å². The SMILES string of the molecule is COc1ccc(S(=O)(=O)N2CCC(C(=O)Nc3c(C)n(C)n(-c4ccccc4)c3=O)CC2)cc1. The average molecular weight is 485 g/mol. The van der Waals surface area contributed by atoms with Crippen LogP contribution in [0.4, 0.5) is 5.69 Å². The van der Waals surface area contributed by atoms with Crippen molar-refractivity contribution in [3.8, 4) is 11.4 Å². The monoisotopic (exact) mass is 484 g/mol. The minimum atomic E-state index is -3.65. The molecule has 34 heavy (non-hydrogen) atoms. The second-order valence-electron chi connectivity index (χ2n) is 8.28. The van der Waals surface area contributed by atoms with Gasteiger partial charge in [0.1, 0.15) is 11.4 Å². The second-order valence-corrected chi connectivity index (χ2v) is 10.2. The average Bonchev–Trinajstić information content (AvgIpc) is 3.07. The molecule has 1 aliphatic rings. The molecule has 10 heteroatoms. The van der Waals surface area contributed by atoms with Crippen LogP contribution in [0, 0.1) is 12.8 Å². The second kappa shape index (κ2) is 9.47. The number of methoxy groups -OCH3 is 1. The minimum absolute atomic E-state index is 0.192. The predicted octanol–water partition coefficient (Wildman–Crippen LogP) is 2.53. The van der Waals surface area contributed by atoms with Gasteiger partial charge < -0.3 is 10.1 Å². The van der Waals surface area contributed by atoms with Gasteiger partial charge in [-0.05, 0) is 56.2 Å². The molecule has 0 aliphatic carbocycles. The molecule has 1 amide bonds. The number of aromatic nitrogens is 2. The molecule has 0 saturated carbocycles. The molecule has 0 unspecified atom stereocenters. The van der Waals surface area contributed by atoms with Crippen LogP contribution in [0.5, 0.6) is 5.75 Å². The van der Waals surface area contributed by atoms with Crippen molar-refractivity contribution in [2.24, 2.45) is 13.0 Å². The molecule has 2 aromatic carbocycles. The van der Waals surface area contributed by atoms with Crippen LogP contribution in [0.25, 0.3) is 5.69 Å². The fourth-order valence-electron chi connectivity index (χ4n) is 4.19. The van der Waals surface area contributed by atoms with Crippen LogP contribution < -0.4 is 15.6 Å². The van der Waals surface area contributed by atoms with Crippen LogP contribution in [0.2, 0.25) is 0 Å². The fourth-order valence-corrected chi connectivity index (χ4v) is 5.66. The van der Waals surface area contributed by atoms with Gasteiger partial charge in [0, 0.05) is 26.1 Å². The Balaban J connectivity index is 1.45. The highest BCUT2D eigenvalue weighted by Gasteiger charge is 2.33. The predicted molar refractivity (Wildman–Crippen MR) is 129 cm³/mol. The highest BCUT2D eigenvalue weighted by molar-refractivity contribution is 7.89. The van der Waals surface area contributed by atoms with Gasteiger partial charge in [0.2, 0.25) is 15.9 Å². The summed E-state index contributed by atoms with van der Waals surface area (Å²) in [6.07, 6.45) is 0.750. The van der Waals surface area contributed by atoms with E-state index in [4.69, 9.17) is 4.74 Å². The lowest BCUT2D eigenvalue weighted by Crippen LogP contribution is -2.41. The zero-order valence-electron chi connectivity index (χ0n) is 19.4. The molecule has 9 nitrogen and oxygen atoms in total. The summed E-state index contributed by atoms with van der Waals surface area (Å²) in [5, 5.41) is 2.80. The molecule has 1 aromatic heterocycles. The number of rotatable bonds is 6. The summed E-state index contributed by atoms with van der Waals surface area (Å²) in [5.74, 6) is -0.0733. The van der Waals surface area contributed by atoms with E-state index >= 15 is 0 Å². The molecule has 1 fully saturated rings. The van der Waals surface area contributed by atoms with Gasteiger partial charge >= 0.3 is 0 Å². The van der Waals surface area contributed by atoms with E-state index in [0.29, 0.717) is 30.0 Å². The molecular weight excluding hydrogens is 456 g/mol. The van der Waals surface area contributed by atoms with Crippen molar-refractivity contribution in [3.05, 3.63) is 70.6 Å². The first-order chi connectivity index (χ1) is 16.2. The van der Waals surface area contributed by atoms with E-state index in [0.717, 1.165) is 0 Å². The zero-order chi connectivity index (χ0) is 24.5. The third-order valence-electron chi connectivity index (χ3n) is 6.32. The number of carbonyl (C=O) groups excluding carboxylic acids is 1. The number of hydrogen-bond acceptors (Lipinski definition) is 5. The van der Waals surface area contributed by atoms with E-state index in [-0.39, 0.29) is 41.1 Å². The lowest BCUT2D eigenvalue weighted by molar-refractivity contribution is -0.120. The van der Waals surface area contributed by atoms with Crippen molar-refractivity contribution in [2.75, 3.05) is 25.5 Å². The third kappa shape index (κ3) is 4.38. The number of piperidine rings is 1. The summed E-state index contributed by atoms with van der Waals surface area (Å²) >= 11 is 0. The first kappa shape index (κ1) is 23.8. The Morgan fingerprint density at radius 1 is 1.03 bits per heavy atom. The Hall–Kier alpha value is -3.37. The maximum Gasteiger partial charge on any atom is 0.295 e. The van der Waals surface area contributed by atoms with Gasteiger partial charge in [0.25, 0.3) is 5.56 Å². The number of hydrogen-bond donors (Lipinski definition) is 1. The Labute approximate surface area is 198 Å². The Morgan fingerprint density at radius 3 is 2.24 bits per heavy atom. The Kier molecular flexibility index (Phi) is 6.63. The number of nitrogens with one attached hydrogen (secondary N) is 1. The van der Waals surface area contributed by atoms with E-state index < -0.39 is 10.0 Å². The molecule has 0 atom stereocenters. The normalized spacial score (nSPS) is 15.3. The van der Waals surface area contributed by atoms with Gasteiger partial charge in [0.05, 0.1) is 23.4 Å². The highest BCUT2D eigenvalue weighted by Crippen LogP contribution is 2.26. The number of para-hydroxylation sites is 1. The molecule has 0 radical (unpaired) electrons. The third-order valence-corrected chi connectivity index (χ3v) is 8.24. The standard InChI is InChI=1S/C24H28N4O5S/c1-17-22(24(30)28(26(17)2)19-7-5-4-6-8-19)25-23(29)18-13-15-27(16-14-18)34(31,32)21-11-9-20(33-3)10-12-21/h4-12,18H,13-16H2,1-3H3,(H,25,29). The molecular formula is C24H28N4O5S. The van der Waals surface area contributed by atoms with Crippen molar-refractivity contribution in [2.45, 2.75) is 24.7 Å². The van der Waals surface area contributed by atoms with Gasteiger partial charge in [-0.25, -0.2) is 13.1 Å². The lowest BCUT2D eigenvalue weighted by Gasteiger charge is -2.30. The van der Waals surface area contributed by atoms with Crippen LogP contribution in [0.15, 0.2) is 64.3 Å². The summed E-state index contributed by atoms with van der Waals surface area (Å²) in [4.78, 5) is 26.2. The zero-order valence-corrected chi connectivity index (χ0v) is 20.2. The van der Waals surface area contributed by atoms with Crippen LogP contribution >= 0.6 is 0 Å². The molecule has 3 aromatic rings. The molecule has 1 N–H and O–H groups in total. The maximum atomic E-state index is 13.0. The van der Waals surface area contributed by atoms with E-state index in [2.05, 4.69) is 5.32 Å². The number of ether oxygens (including phenoxy) is 1. The minimum Gasteiger partial charge on any atom is -0.497 e. The molecule has 1 aliphatic heterocycles. The van der Waals surface area contributed by atoms with Gasteiger partial charge in [-0.2, -0.15) is 4.31 Å². The van der Waals surface area contributed by atoms with Gasteiger partial charge in [-0.1, -0.05) is 18.2 Å². The lowest BCUT2D eigenvalue weighted by atomic mass is 9.97. The summed E-state index contributed by atoms with van der Waals surface area (Å²) < 4.78 is 35.6. The number of carbonyl (C=O) groups is 1. The van der Waals surface area contributed by atoms with Crippen molar-refractivity contribution in [1.29, 1.82) is 0 Å². The van der Waals surface area contributed by atoms with Crippen LogP contribution in [-0.4, -0.2) is 48.2 Å². The summed E-state index contributed by atoms with van der Waals surface area (Å²) in [6.45, 7) is 2.24. The molecule has 4 rings (SSSR count). The molecule has 0 bridgehead atoms. The molecule has 2 heterocycles. The molecule has 0 spiro atoms. The Bertz CT molecular complexity index is 1340. The van der Waals surface area contributed by atoms with E-state index in [1.165, 1.54) is 28.2 Å². The van der Waals surface area contributed by atoms with Crippen LogP contribution in [0.1, 0.15) is 18.5 Å².